The van der Waals surface area contributed by atoms with Gasteiger partial charge in [0.15, 0.2) is 0 Å². The van der Waals surface area contributed by atoms with E-state index in [1.807, 2.05) is 11.8 Å². The second kappa shape index (κ2) is 5.49. The predicted octanol–water partition coefficient (Wildman–Crippen LogP) is 1.30. The van der Waals surface area contributed by atoms with Crippen LogP contribution in [0.25, 0.3) is 0 Å². The van der Waals surface area contributed by atoms with Crippen molar-refractivity contribution in [2.75, 3.05) is 19.7 Å². The zero-order valence-corrected chi connectivity index (χ0v) is 9.70. The summed E-state index contributed by atoms with van der Waals surface area (Å²) in [7, 11) is 0. The Labute approximate surface area is 94.5 Å². The average Bonchev–Trinajstić information content (AvgIpc) is 2.17. The first-order valence-corrected chi connectivity index (χ1v) is 5.34. The van der Waals surface area contributed by atoms with Crippen LogP contribution < -0.4 is 0 Å². The molecule has 0 amide bonds. The summed E-state index contributed by atoms with van der Waals surface area (Å²) in [6.07, 6.45) is -0.278. The van der Waals surface area contributed by atoms with Gasteiger partial charge in [-0.15, -0.1) is 0 Å². The maximum Gasteiger partial charge on any atom is 0.323 e. The minimum absolute atomic E-state index is 0.278. The normalized spacial score (nSPS) is 29.1. The lowest BCUT2D eigenvalue weighted by Crippen LogP contribution is -2.54. The van der Waals surface area contributed by atoms with E-state index in [2.05, 4.69) is 0 Å². The summed E-state index contributed by atoms with van der Waals surface area (Å²) in [6.45, 7) is 5.44. The molecular formula is C10H16ClNO3. The Morgan fingerprint density at radius 1 is 1.73 bits per heavy atom. The number of carboxylic acid groups (broad SMARTS) is 1. The lowest BCUT2D eigenvalue weighted by Gasteiger charge is -2.37. The minimum atomic E-state index is -0.843. The van der Waals surface area contributed by atoms with Crippen LogP contribution in [0.3, 0.4) is 0 Å². The fourth-order valence-corrected chi connectivity index (χ4v) is 1.84. The third kappa shape index (κ3) is 3.19. The van der Waals surface area contributed by atoms with Crippen LogP contribution in [0.5, 0.6) is 0 Å². The molecule has 1 rings (SSSR count). The van der Waals surface area contributed by atoms with Crippen molar-refractivity contribution < 1.29 is 14.6 Å². The van der Waals surface area contributed by atoms with E-state index in [9.17, 15) is 4.79 Å². The van der Waals surface area contributed by atoms with E-state index in [1.165, 1.54) is 5.54 Å². The first kappa shape index (κ1) is 12.5. The number of aliphatic carboxylic acids is 1. The van der Waals surface area contributed by atoms with Gasteiger partial charge in [-0.1, -0.05) is 11.6 Å². The van der Waals surface area contributed by atoms with Gasteiger partial charge in [0.2, 0.25) is 0 Å². The molecule has 0 aromatic carbocycles. The number of carboxylic acids is 1. The molecule has 1 aliphatic rings. The molecular weight excluding hydrogens is 218 g/mol. The van der Waals surface area contributed by atoms with Crippen LogP contribution >= 0.6 is 11.6 Å². The van der Waals surface area contributed by atoms with Crippen LogP contribution in [-0.4, -0.2) is 47.8 Å². The summed E-state index contributed by atoms with van der Waals surface area (Å²) in [5, 5.41) is 9.09. The van der Waals surface area contributed by atoms with Gasteiger partial charge in [-0.25, -0.2) is 0 Å². The monoisotopic (exact) mass is 233 g/mol. The molecule has 1 saturated heterocycles. The highest BCUT2D eigenvalue weighted by atomic mass is 35.5. The number of hydrogen-bond acceptors (Lipinski definition) is 3. The number of rotatable bonds is 3. The van der Waals surface area contributed by atoms with Crippen molar-refractivity contribution in [2.24, 2.45) is 0 Å². The highest BCUT2D eigenvalue weighted by molar-refractivity contribution is 6.25. The van der Waals surface area contributed by atoms with Crippen LogP contribution in [0.1, 0.15) is 13.8 Å². The van der Waals surface area contributed by atoms with E-state index < -0.39 is 12.0 Å². The van der Waals surface area contributed by atoms with Crippen molar-refractivity contribution in [3.63, 3.8) is 0 Å². The molecule has 2 unspecified atom stereocenters. The molecule has 0 bridgehead atoms. The standard InChI is InChI=1S/C10H16ClNO3/c1-7(5-11)6-12-3-4-15-8(2)9(12)10(13)14/h5,8-9H,3-4,6H2,1-2H3,(H,13,14)/b7-5-. The van der Waals surface area contributed by atoms with Gasteiger partial charge in [0, 0.05) is 18.6 Å². The zero-order chi connectivity index (χ0) is 11.4. The van der Waals surface area contributed by atoms with E-state index in [0.717, 1.165) is 5.57 Å². The Balaban J connectivity index is 2.71. The molecule has 0 radical (unpaired) electrons. The largest absolute Gasteiger partial charge is 0.480 e. The number of carbonyl (C=O) groups is 1. The lowest BCUT2D eigenvalue weighted by molar-refractivity contribution is -0.155. The molecule has 86 valence electrons. The molecule has 1 heterocycles. The SMILES string of the molecule is C/C(=C/Cl)CN1CCOC(C)C1C(=O)O. The molecule has 2 atom stereocenters. The molecule has 1 aliphatic heterocycles. The summed E-state index contributed by atoms with van der Waals surface area (Å²) >= 11 is 5.57. The molecule has 0 saturated carbocycles. The van der Waals surface area contributed by atoms with E-state index >= 15 is 0 Å². The number of morpholine rings is 1. The maximum atomic E-state index is 11.1. The molecule has 1 N–H and O–H groups in total. The Kier molecular flexibility index (Phi) is 4.57. The van der Waals surface area contributed by atoms with Crippen LogP contribution in [0, 0.1) is 0 Å². The number of ether oxygens (including phenoxy) is 1. The highest BCUT2D eigenvalue weighted by Gasteiger charge is 2.34. The summed E-state index contributed by atoms with van der Waals surface area (Å²) in [4.78, 5) is 13.0. The molecule has 1 fully saturated rings. The maximum absolute atomic E-state index is 11.1. The average molecular weight is 234 g/mol. The fourth-order valence-electron chi connectivity index (χ4n) is 1.77. The summed E-state index contributed by atoms with van der Waals surface area (Å²) in [5.41, 5.74) is 2.44. The topological polar surface area (TPSA) is 49.8 Å². The van der Waals surface area contributed by atoms with Gasteiger partial charge in [-0.05, 0) is 19.4 Å². The Hall–Kier alpha value is -0.580. The number of hydrogen-bond donors (Lipinski definition) is 1. The fraction of sp³-hybridized carbons (Fsp3) is 0.700. The van der Waals surface area contributed by atoms with Crippen molar-refractivity contribution in [1.82, 2.24) is 4.90 Å². The van der Waals surface area contributed by atoms with Gasteiger partial charge < -0.3 is 9.84 Å². The zero-order valence-electron chi connectivity index (χ0n) is 8.94. The molecule has 4 nitrogen and oxygen atoms in total. The molecule has 15 heavy (non-hydrogen) atoms. The summed E-state index contributed by atoms with van der Waals surface area (Å²) in [5.74, 6) is -0.843. The molecule has 0 aromatic rings. The van der Waals surface area contributed by atoms with Gasteiger partial charge in [0.25, 0.3) is 0 Å². The molecule has 5 heteroatoms. The van der Waals surface area contributed by atoms with Gasteiger partial charge >= 0.3 is 5.97 Å². The first-order valence-electron chi connectivity index (χ1n) is 4.90. The van der Waals surface area contributed by atoms with Crippen LogP contribution in [0.15, 0.2) is 11.1 Å². The Bertz CT molecular complexity index is 267. The van der Waals surface area contributed by atoms with Crippen LogP contribution in [-0.2, 0) is 9.53 Å². The lowest BCUT2D eigenvalue weighted by atomic mass is 10.1. The third-order valence-corrected chi connectivity index (χ3v) is 2.86. The Morgan fingerprint density at radius 2 is 2.40 bits per heavy atom. The van der Waals surface area contributed by atoms with Crippen molar-refractivity contribution >= 4 is 17.6 Å². The summed E-state index contributed by atoms with van der Waals surface area (Å²) in [6, 6.07) is -0.578. The van der Waals surface area contributed by atoms with Crippen LogP contribution in [0.4, 0.5) is 0 Å². The second-order valence-corrected chi connectivity index (χ2v) is 4.00. The molecule has 0 aliphatic carbocycles. The number of halogens is 1. The van der Waals surface area contributed by atoms with Crippen molar-refractivity contribution in [3.8, 4) is 0 Å². The quantitative estimate of drug-likeness (QED) is 0.799. The molecule has 0 spiro atoms. The Morgan fingerprint density at radius 3 is 2.93 bits per heavy atom. The van der Waals surface area contributed by atoms with E-state index in [0.29, 0.717) is 19.7 Å². The van der Waals surface area contributed by atoms with E-state index in [1.54, 1.807) is 6.92 Å². The highest BCUT2D eigenvalue weighted by Crippen LogP contribution is 2.16. The third-order valence-electron chi connectivity index (χ3n) is 2.49. The predicted molar refractivity (Wildman–Crippen MR) is 58.0 cm³/mol. The van der Waals surface area contributed by atoms with Gasteiger partial charge in [-0.2, -0.15) is 0 Å². The first-order chi connectivity index (χ1) is 7.06. The van der Waals surface area contributed by atoms with Gasteiger partial charge in [0.1, 0.15) is 6.04 Å². The summed E-state index contributed by atoms with van der Waals surface area (Å²) < 4.78 is 5.32. The minimum Gasteiger partial charge on any atom is -0.480 e. The van der Waals surface area contributed by atoms with Crippen molar-refractivity contribution in [2.45, 2.75) is 26.0 Å². The second-order valence-electron chi connectivity index (χ2n) is 3.78. The number of nitrogens with zero attached hydrogens (tertiary/aromatic N) is 1. The van der Waals surface area contributed by atoms with Gasteiger partial charge in [0.05, 0.1) is 12.7 Å². The van der Waals surface area contributed by atoms with Crippen LogP contribution in [0.2, 0.25) is 0 Å². The van der Waals surface area contributed by atoms with E-state index in [-0.39, 0.29) is 6.10 Å². The van der Waals surface area contributed by atoms with Crippen molar-refractivity contribution in [3.05, 3.63) is 11.1 Å². The smallest absolute Gasteiger partial charge is 0.323 e. The van der Waals surface area contributed by atoms with E-state index in [4.69, 9.17) is 21.4 Å². The molecule has 0 aromatic heterocycles. The van der Waals surface area contributed by atoms with Crippen molar-refractivity contribution in [1.29, 1.82) is 0 Å². The van der Waals surface area contributed by atoms with Gasteiger partial charge in [-0.3, -0.25) is 9.69 Å².